The Morgan fingerprint density at radius 3 is 2.65 bits per heavy atom. The van der Waals surface area contributed by atoms with Gasteiger partial charge in [-0.15, -0.1) is 0 Å². The zero-order valence-corrected chi connectivity index (χ0v) is 17.4. The standard InChI is InChI=1S/C26H19ClN2O2/c27-22-11-4-3-10-20(22)24-21(15-28)26(29-17-7-5-8-18(30)14-17)31-23-13-12-16-6-1-2-9-19(16)25(23)24/h1-4,6,9-14,24,29H,5,7-8H2. The van der Waals surface area contributed by atoms with Gasteiger partial charge in [0.1, 0.15) is 17.4 Å². The normalized spacial score (nSPS) is 18.1. The van der Waals surface area contributed by atoms with E-state index in [4.69, 9.17) is 16.3 Å². The number of rotatable bonds is 3. The Morgan fingerprint density at radius 1 is 1.03 bits per heavy atom. The smallest absolute Gasteiger partial charge is 0.212 e. The van der Waals surface area contributed by atoms with E-state index >= 15 is 0 Å². The zero-order chi connectivity index (χ0) is 21.4. The minimum absolute atomic E-state index is 0.0812. The first-order valence-corrected chi connectivity index (χ1v) is 10.6. The molecule has 3 aromatic carbocycles. The van der Waals surface area contributed by atoms with Crippen molar-refractivity contribution in [3.05, 3.63) is 100 Å². The van der Waals surface area contributed by atoms with Gasteiger partial charge in [0.05, 0.1) is 5.92 Å². The SMILES string of the molecule is N#CC1=C(NC2=CC(=O)CCC2)Oc2ccc3ccccc3c2C1c1ccccc1Cl. The molecule has 1 atom stereocenters. The van der Waals surface area contributed by atoms with Gasteiger partial charge < -0.3 is 10.1 Å². The Labute approximate surface area is 185 Å². The van der Waals surface area contributed by atoms with Crippen LogP contribution in [0, 0.1) is 11.3 Å². The van der Waals surface area contributed by atoms with E-state index in [-0.39, 0.29) is 5.78 Å². The van der Waals surface area contributed by atoms with Crippen molar-refractivity contribution in [1.29, 1.82) is 5.26 Å². The quantitative estimate of drug-likeness (QED) is 0.559. The molecule has 31 heavy (non-hydrogen) atoms. The molecule has 1 aliphatic carbocycles. The highest BCUT2D eigenvalue weighted by atomic mass is 35.5. The minimum atomic E-state index is -0.393. The van der Waals surface area contributed by atoms with E-state index < -0.39 is 5.92 Å². The average molecular weight is 427 g/mol. The fourth-order valence-corrected chi connectivity index (χ4v) is 4.61. The van der Waals surface area contributed by atoms with E-state index in [9.17, 15) is 10.1 Å². The number of ether oxygens (including phenoxy) is 1. The summed E-state index contributed by atoms with van der Waals surface area (Å²) in [5.74, 6) is 0.720. The maximum absolute atomic E-state index is 11.9. The molecule has 0 radical (unpaired) electrons. The lowest BCUT2D eigenvalue weighted by atomic mass is 9.81. The number of carbonyl (C=O) groups excluding carboxylic acids is 1. The third kappa shape index (κ3) is 3.48. The maximum Gasteiger partial charge on any atom is 0.212 e. The van der Waals surface area contributed by atoms with Gasteiger partial charge in [-0.1, -0.05) is 60.1 Å². The fourth-order valence-electron chi connectivity index (χ4n) is 4.37. The summed E-state index contributed by atoms with van der Waals surface area (Å²) >= 11 is 6.61. The molecule has 0 saturated heterocycles. The lowest BCUT2D eigenvalue weighted by Gasteiger charge is -2.30. The van der Waals surface area contributed by atoms with Gasteiger partial charge in [-0.25, -0.2) is 0 Å². The predicted octanol–water partition coefficient (Wildman–Crippen LogP) is 5.98. The molecule has 1 heterocycles. The van der Waals surface area contributed by atoms with Crippen LogP contribution in [0.1, 0.15) is 36.3 Å². The second-order valence-electron chi connectivity index (χ2n) is 7.72. The first-order chi connectivity index (χ1) is 15.2. The number of nitriles is 1. The van der Waals surface area contributed by atoms with Gasteiger partial charge in [-0.05, 0) is 41.3 Å². The molecule has 1 N–H and O–H groups in total. The fraction of sp³-hybridized carbons (Fsp3) is 0.154. The Kier molecular flexibility index (Phi) is 4.97. The molecule has 0 bridgehead atoms. The molecule has 3 aromatic rings. The lowest BCUT2D eigenvalue weighted by Crippen LogP contribution is -2.27. The highest BCUT2D eigenvalue weighted by molar-refractivity contribution is 6.31. The van der Waals surface area contributed by atoms with E-state index in [2.05, 4.69) is 11.4 Å². The number of benzene rings is 3. The number of nitrogens with one attached hydrogen (secondary N) is 1. The molecule has 152 valence electrons. The molecule has 0 amide bonds. The van der Waals surface area contributed by atoms with Gasteiger partial charge in [0.2, 0.25) is 5.88 Å². The van der Waals surface area contributed by atoms with Gasteiger partial charge in [-0.3, -0.25) is 4.79 Å². The summed E-state index contributed by atoms with van der Waals surface area (Å²) in [6.07, 6.45) is 3.67. The van der Waals surface area contributed by atoms with E-state index in [1.54, 1.807) is 6.08 Å². The maximum atomic E-state index is 11.9. The average Bonchev–Trinajstić information content (AvgIpc) is 2.78. The first kappa shape index (κ1) is 19.4. The number of ketones is 1. The van der Waals surface area contributed by atoms with Crippen molar-refractivity contribution in [1.82, 2.24) is 5.32 Å². The summed E-state index contributed by atoms with van der Waals surface area (Å²) in [6, 6.07) is 21.9. The van der Waals surface area contributed by atoms with Crippen molar-refractivity contribution in [2.24, 2.45) is 0 Å². The van der Waals surface area contributed by atoms with Crippen molar-refractivity contribution >= 4 is 28.2 Å². The largest absolute Gasteiger partial charge is 0.440 e. The molecule has 0 saturated carbocycles. The summed E-state index contributed by atoms with van der Waals surface area (Å²) in [5, 5.41) is 16.1. The van der Waals surface area contributed by atoms with Gasteiger partial charge in [0, 0.05) is 28.8 Å². The van der Waals surface area contributed by atoms with Crippen LogP contribution >= 0.6 is 11.6 Å². The van der Waals surface area contributed by atoms with Crippen LogP contribution in [0.3, 0.4) is 0 Å². The number of hydrogen-bond acceptors (Lipinski definition) is 4. The third-order valence-electron chi connectivity index (χ3n) is 5.78. The van der Waals surface area contributed by atoms with Gasteiger partial charge >= 0.3 is 0 Å². The number of hydrogen-bond donors (Lipinski definition) is 1. The molecule has 0 aromatic heterocycles. The number of carbonyl (C=O) groups is 1. The number of halogens is 1. The molecule has 2 aliphatic rings. The first-order valence-electron chi connectivity index (χ1n) is 10.2. The molecule has 1 aliphatic heterocycles. The van der Waals surface area contributed by atoms with Gasteiger partial charge in [0.25, 0.3) is 0 Å². The van der Waals surface area contributed by atoms with Crippen LogP contribution in [0.5, 0.6) is 5.75 Å². The molecular formula is C26H19ClN2O2. The second kappa shape index (κ2) is 7.94. The summed E-state index contributed by atoms with van der Waals surface area (Å²) in [5.41, 5.74) is 2.97. The number of nitrogens with zero attached hydrogens (tertiary/aromatic N) is 1. The Morgan fingerprint density at radius 2 is 1.84 bits per heavy atom. The molecular weight excluding hydrogens is 408 g/mol. The zero-order valence-electron chi connectivity index (χ0n) is 16.7. The molecule has 0 spiro atoms. The Bertz CT molecular complexity index is 1320. The van der Waals surface area contributed by atoms with E-state index in [0.717, 1.165) is 40.4 Å². The Hall–Kier alpha value is -3.55. The predicted molar refractivity (Wildman–Crippen MR) is 121 cm³/mol. The van der Waals surface area contributed by atoms with Crippen molar-refractivity contribution in [2.75, 3.05) is 0 Å². The van der Waals surface area contributed by atoms with Crippen LogP contribution in [-0.4, -0.2) is 5.78 Å². The van der Waals surface area contributed by atoms with Gasteiger partial charge in [0.15, 0.2) is 5.78 Å². The highest BCUT2D eigenvalue weighted by Crippen LogP contribution is 2.47. The van der Waals surface area contributed by atoms with Crippen LogP contribution in [0.15, 0.2) is 83.9 Å². The van der Waals surface area contributed by atoms with Crippen LogP contribution in [0.25, 0.3) is 10.8 Å². The van der Waals surface area contributed by atoms with E-state index in [1.165, 1.54) is 0 Å². The van der Waals surface area contributed by atoms with Crippen molar-refractivity contribution in [3.8, 4) is 11.8 Å². The molecule has 5 heteroatoms. The van der Waals surface area contributed by atoms with E-state index in [1.807, 2.05) is 60.7 Å². The Balaban J connectivity index is 1.74. The summed E-state index contributed by atoms with van der Waals surface area (Å²) in [7, 11) is 0. The van der Waals surface area contributed by atoms with E-state index in [0.29, 0.717) is 28.6 Å². The summed E-state index contributed by atoms with van der Waals surface area (Å²) in [4.78, 5) is 11.9. The van der Waals surface area contributed by atoms with Crippen molar-refractivity contribution in [2.45, 2.75) is 25.2 Å². The van der Waals surface area contributed by atoms with Gasteiger partial charge in [-0.2, -0.15) is 5.26 Å². The van der Waals surface area contributed by atoms with Crippen LogP contribution in [0.2, 0.25) is 5.02 Å². The highest BCUT2D eigenvalue weighted by Gasteiger charge is 2.34. The number of fused-ring (bicyclic) bond motifs is 3. The van der Waals surface area contributed by atoms with Crippen molar-refractivity contribution in [3.63, 3.8) is 0 Å². The number of allylic oxidation sites excluding steroid dienone is 3. The molecule has 4 nitrogen and oxygen atoms in total. The summed E-state index contributed by atoms with van der Waals surface area (Å²) in [6.45, 7) is 0. The molecule has 1 unspecified atom stereocenters. The topological polar surface area (TPSA) is 62.1 Å². The lowest BCUT2D eigenvalue weighted by molar-refractivity contribution is -0.115. The second-order valence-corrected chi connectivity index (χ2v) is 8.13. The minimum Gasteiger partial charge on any atom is -0.440 e. The molecule has 0 fully saturated rings. The van der Waals surface area contributed by atoms with Crippen LogP contribution < -0.4 is 10.1 Å². The summed E-state index contributed by atoms with van der Waals surface area (Å²) < 4.78 is 6.22. The van der Waals surface area contributed by atoms with Crippen LogP contribution in [0.4, 0.5) is 0 Å². The van der Waals surface area contributed by atoms with Crippen molar-refractivity contribution < 1.29 is 9.53 Å². The van der Waals surface area contributed by atoms with Crippen LogP contribution in [-0.2, 0) is 4.79 Å². The molecule has 5 rings (SSSR count). The third-order valence-corrected chi connectivity index (χ3v) is 6.12. The monoisotopic (exact) mass is 426 g/mol.